The monoisotopic (exact) mass is 314 g/mol. The van der Waals surface area contributed by atoms with E-state index in [-0.39, 0.29) is 24.1 Å². The third-order valence-corrected chi connectivity index (χ3v) is 4.63. The van der Waals surface area contributed by atoms with Crippen molar-refractivity contribution in [3.05, 3.63) is 33.9 Å². The van der Waals surface area contributed by atoms with E-state index in [2.05, 4.69) is 11.4 Å². The Hall–Kier alpha value is -2.62. The van der Waals surface area contributed by atoms with Crippen molar-refractivity contribution >= 4 is 17.3 Å². The molecule has 2 aliphatic rings. The van der Waals surface area contributed by atoms with Crippen molar-refractivity contribution in [2.75, 3.05) is 18.0 Å². The van der Waals surface area contributed by atoms with E-state index >= 15 is 0 Å². The second kappa shape index (κ2) is 5.54. The van der Waals surface area contributed by atoms with Crippen LogP contribution in [0.25, 0.3) is 0 Å². The first-order chi connectivity index (χ1) is 10.9. The molecule has 1 amide bonds. The third-order valence-electron chi connectivity index (χ3n) is 4.63. The Morgan fingerprint density at radius 3 is 2.91 bits per heavy atom. The molecule has 3 rings (SSSR count). The lowest BCUT2D eigenvalue weighted by Gasteiger charge is -2.25. The molecular formula is C16H18N4O3. The van der Waals surface area contributed by atoms with Crippen molar-refractivity contribution in [1.82, 2.24) is 5.32 Å². The predicted molar refractivity (Wildman–Crippen MR) is 83.9 cm³/mol. The van der Waals surface area contributed by atoms with E-state index in [1.54, 1.807) is 19.1 Å². The first kappa shape index (κ1) is 15.3. The number of carbonyl (C=O) groups excluding carboxylic acids is 1. The zero-order valence-electron chi connectivity index (χ0n) is 12.9. The molecule has 7 nitrogen and oxygen atoms in total. The molecule has 1 N–H and O–H groups in total. The number of benzene rings is 1. The molecule has 120 valence electrons. The van der Waals surface area contributed by atoms with E-state index in [1.807, 2.05) is 4.90 Å². The average Bonchev–Trinajstić information content (AvgIpc) is 3.31. The summed E-state index contributed by atoms with van der Waals surface area (Å²) in [4.78, 5) is 24.6. The minimum absolute atomic E-state index is 0.0702. The van der Waals surface area contributed by atoms with Crippen LogP contribution in [0.2, 0.25) is 0 Å². The van der Waals surface area contributed by atoms with Crippen LogP contribution < -0.4 is 10.2 Å². The number of nitro benzene ring substituents is 1. The normalized spacial score (nSPS) is 18.7. The number of nitrogens with one attached hydrogen (secondary N) is 1. The van der Waals surface area contributed by atoms with Gasteiger partial charge in [-0.15, -0.1) is 0 Å². The molecule has 1 heterocycles. The lowest BCUT2D eigenvalue weighted by molar-refractivity contribution is -0.384. The van der Waals surface area contributed by atoms with Crippen LogP contribution in [0, 0.1) is 27.4 Å². The van der Waals surface area contributed by atoms with Gasteiger partial charge in [0.2, 0.25) is 5.91 Å². The van der Waals surface area contributed by atoms with Crippen molar-refractivity contribution in [2.24, 2.45) is 5.92 Å². The van der Waals surface area contributed by atoms with Crippen LogP contribution >= 0.6 is 0 Å². The first-order valence-corrected chi connectivity index (χ1v) is 7.67. The fraction of sp³-hybridized carbons (Fsp3) is 0.500. The number of fused-ring (bicyclic) bond motifs is 1. The third kappa shape index (κ3) is 2.97. The fourth-order valence-corrected chi connectivity index (χ4v) is 3.12. The Morgan fingerprint density at radius 2 is 2.30 bits per heavy atom. The van der Waals surface area contributed by atoms with Crippen LogP contribution in [0.3, 0.4) is 0 Å². The summed E-state index contributed by atoms with van der Waals surface area (Å²) in [6.07, 6.45) is 2.63. The van der Waals surface area contributed by atoms with Gasteiger partial charge in [0.25, 0.3) is 5.69 Å². The van der Waals surface area contributed by atoms with Crippen molar-refractivity contribution in [1.29, 1.82) is 5.26 Å². The van der Waals surface area contributed by atoms with Crippen LogP contribution in [0.1, 0.15) is 25.3 Å². The molecule has 1 aromatic carbocycles. The van der Waals surface area contributed by atoms with E-state index in [1.165, 1.54) is 6.07 Å². The zero-order chi connectivity index (χ0) is 16.6. The molecule has 0 aromatic heterocycles. The fourth-order valence-electron chi connectivity index (χ4n) is 3.12. The van der Waals surface area contributed by atoms with E-state index in [4.69, 9.17) is 0 Å². The highest BCUT2D eigenvalue weighted by Gasteiger charge is 2.43. The molecule has 0 saturated heterocycles. The number of hydrogen-bond donors (Lipinski definition) is 1. The second-order valence-electron chi connectivity index (χ2n) is 6.38. The van der Waals surface area contributed by atoms with E-state index in [9.17, 15) is 20.2 Å². The number of hydrogen-bond acceptors (Lipinski definition) is 5. The molecule has 1 saturated carbocycles. The SMILES string of the molecule is C[C@@](C#N)(NC(=O)CN1CCc2cc([N+](=O)[O-])ccc21)C1CC1. The molecule has 1 aliphatic carbocycles. The van der Waals surface area contributed by atoms with Gasteiger partial charge in [0, 0.05) is 24.4 Å². The van der Waals surface area contributed by atoms with Gasteiger partial charge in [-0.3, -0.25) is 14.9 Å². The summed E-state index contributed by atoms with van der Waals surface area (Å²) in [5.74, 6) is 0.0529. The Labute approximate surface area is 134 Å². The van der Waals surface area contributed by atoms with Gasteiger partial charge >= 0.3 is 0 Å². The molecular weight excluding hydrogens is 296 g/mol. The number of amides is 1. The molecule has 1 atom stereocenters. The molecule has 7 heteroatoms. The zero-order valence-corrected chi connectivity index (χ0v) is 12.9. The molecule has 1 aliphatic heterocycles. The Kier molecular flexibility index (Phi) is 3.68. The lowest BCUT2D eigenvalue weighted by Crippen LogP contribution is -2.50. The Morgan fingerprint density at radius 1 is 1.57 bits per heavy atom. The van der Waals surface area contributed by atoms with Gasteiger partial charge in [-0.1, -0.05) is 0 Å². The van der Waals surface area contributed by atoms with Gasteiger partial charge in [0.1, 0.15) is 5.54 Å². The van der Waals surface area contributed by atoms with Gasteiger partial charge in [-0.05, 0) is 43.7 Å². The summed E-state index contributed by atoms with van der Waals surface area (Å²) >= 11 is 0. The van der Waals surface area contributed by atoms with Crippen molar-refractivity contribution in [3.63, 3.8) is 0 Å². The van der Waals surface area contributed by atoms with Gasteiger partial charge in [-0.25, -0.2) is 0 Å². The van der Waals surface area contributed by atoms with Gasteiger partial charge < -0.3 is 10.2 Å². The topological polar surface area (TPSA) is 99.3 Å². The molecule has 1 aromatic rings. The van der Waals surface area contributed by atoms with Gasteiger partial charge in [-0.2, -0.15) is 5.26 Å². The lowest BCUT2D eigenvalue weighted by atomic mass is 9.98. The number of non-ortho nitro benzene ring substituents is 1. The number of rotatable bonds is 5. The summed E-state index contributed by atoms with van der Waals surface area (Å²) in [5, 5.41) is 23.0. The number of anilines is 1. The van der Waals surface area contributed by atoms with Gasteiger partial charge in [0.05, 0.1) is 17.5 Å². The average molecular weight is 314 g/mol. The largest absolute Gasteiger partial charge is 0.362 e. The van der Waals surface area contributed by atoms with Crippen LogP contribution in [-0.4, -0.2) is 29.5 Å². The smallest absolute Gasteiger partial charge is 0.269 e. The number of nitriles is 1. The summed E-state index contributed by atoms with van der Waals surface area (Å²) < 4.78 is 0. The van der Waals surface area contributed by atoms with Crippen LogP contribution in [0.5, 0.6) is 0 Å². The van der Waals surface area contributed by atoms with E-state index in [0.717, 1.165) is 24.1 Å². The minimum atomic E-state index is -0.797. The summed E-state index contributed by atoms with van der Waals surface area (Å²) in [6, 6.07) is 6.93. The molecule has 0 unspecified atom stereocenters. The number of carbonyl (C=O) groups is 1. The predicted octanol–water partition coefficient (Wildman–Crippen LogP) is 1.77. The Bertz CT molecular complexity index is 708. The minimum Gasteiger partial charge on any atom is -0.362 e. The van der Waals surface area contributed by atoms with Crippen molar-refractivity contribution in [3.8, 4) is 6.07 Å². The van der Waals surface area contributed by atoms with Crippen LogP contribution in [0.4, 0.5) is 11.4 Å². The maximum atomic E-state index is 12.3. The first-order valence-electron chi connectivity index (χ1n) is 7.67. The summed E-state index contributed by atoms with van der Waals surface area (Å²) in [6.45, 7) is 2.58. The van der Waals surface area contributed by atoms with E-state index in [0.29, 0.717) is 13.0 Å². The quantitative estimate of drug-likeness (QED) is 0.659. The highest BCUT2D eigenvalue weighted by Crippen LogP contribution is 2.39. The summed E-state index contributed by atoms with van der Waals surface area (Å²) in [5.41, 5.74) is 1.02. The molecule has 0 radical (unpaired) electrons. The maximum absolute atomic E-state index is 12.3. The van der Waals surface area contributed by atoms with E-state index < -0.39 is 10.5 Å². The van der Waals surface area contributed by atoms with Crippen molar-refractivity contribution < 1.29 is 9.72 Å². The second-order valence-corrected chi connectivity index (χ2v) is 6.38. The van der Waals surface area contributed by atoms with Gasteiger partial charge in [0.15, 0.2) is 0 Å². The number of nitro groups is 1. The number of nitrogens with zero attached hydrogens (tertiary/aromatic N) is 3. The molecule has 1 fully saturated rings. The van der Waals surface area contributed by atoms with Crippen LogP contribution in [-0.2, 0) is 11.2 Å². The molecule has 0 spiro atoms. The highest BCUT2D eigenvalue weighted by atomic mass is 16.6. The maximum Gasteiger partial charge on any atom is 0.269 e. The summed E-state index contributed by atoms with van der Waals surface area (Å²) in [7, 11) is 0. The molecule has 0 bridgehead atoms. The highest BCUT2D eigenvalue weighted by molar-refractivity contribution is 5.83. The van der Waals surface area contributed by atoms with Crippen LogP contribution in [0.15, 0.2) is 18.2 Å². The standard InChI is InChI=1S/C16H18N4O3/c1-16(10-17,12-2-3-12)18-15(21)9-19-7-6-11-8-13(20(22)23)4-5-14(11)19/h4-5,8,12H,2-3,6-7,9H2,1H3,(H,18,21)/t16-/m0/s1. The Balaban J connectivity index is 1.68. The van der Waals surface area contributed by atoms with Crippen molar-refractivity contribution in [2.45, 2.75) is 31.7 Å². The molecule has 23 heavy (non-hydrogen) atoms.